The lowest BCUT2D eigenvalue weighted by atomic mass is 9.92. The number of nitrogens with one attached hydrogen (secondary N) is 1. The Balaban J connectivity index is 1.29. The summed E-state index contributed by atoms with van der Waals surface area (Å²) in [6, 6.07) is 17.0. The van der Waals surface area contributed by atoms with E-state index in [1.54, 1.807) is 0 Å². The predicted molar refractivity (Wildman–Crippen MR) is 114 cm³/mol. The zero-order chi connectivity index (χ0) is 18.9. The van der Waals surface area contributed by atoms with E-state index >= 15 is 0 Å². The van der Waals surface area contributed by atoms with Gasteiger partial charge in [-0.3, -0.25) is 4.79 Å². The molecule has 3 aliphatic heterocycles. The summed E-state index contributed by atoms with van der Waals surface area (Å²) in [4.78, 5) is 20.0. The first kappa shape index (κ1) is 18.1. The van der Waals surface area contributed by atoms with Crippen LogP contribution in [0, 0.1) is 11.8 Å². The molecule has 0 unspecified atom stereocenters. The molecule has 1 amide bonds. The van der Waals surface area contributed by atoms with E-state index in [1.807, 2.05) is 11.8 Å². The maximum atomic E-state index is 13.0. The molecule has 5 rings (SSSR count). The van der Waals surface area contributed by atoms with Gasteiger partial charge in [0.15, 0.2) is 0 Å². The number of anilines is 2. The molecule has 0 aromatic heterocycles. The summed E-state index contributed by atoms with van der Waals surface area (Å²) in [7, 11) is 0. The molecule has 2 fully saturated rings. The van der Waals surface area contributed by atoms with Crippen molar-refractivity contribution >= 4 is 29.0 Å². The Morgan fingerprint density at radius 2 is 1.50 bits per heavy atom. The van der Waals surface area contributed by atoms with Gasteiger partial charge in [-0.05, 0) is 62.0 Å². The Hall–Kier alpha value is -1.98. The second kappa shape index (κ2) is 7.80. The molecule has 2 atom stereocenters. The standard InChI is InChI=1S/C23H27N3OS/c27-23(25-12-9-17-15-24-16-18(17)10-13-25)11-14-26-19-5-1-3-7-21(19)28-22-8-4-2-6-20(22)26/h1-8,17-18,24H,9-16H2/t17-,18+. The SMILES string of the molecule is O=C(CCN1c2ccccc2Sc2ccccc21)N1CC[C@@H]2CNC[C@@H]2CC1. The molecule has 0 radical (unpaired) electrons. The number of likely N-dealkylation sites (tertiary alicyclic amines) is 1. The van der Waals surface area contributed by atoms with Crippen LogP contribution in [0.2, 0.25) is 0 Å². The van der Waals surface area contributed by atoms with Crippen molar-refractivity contribution in [1.82, 2.24) is 10.2 Å². The van der Waals surface area contributed by atoms with Gasteiger partial charge in [0.2, 0.25) is 5.91 Å². The number of benzene rings is 2. The first-order valence-electron chi connectivity index (χ1n) is 10.4. The van der Waals surface area contributed by atoms with Gasteiger partial charge in [0, 0.05) is 35.8 Å². The number of nitrogens with zero attached hydrogens (tertiary/aromatic N) is 2. The molecule has 2 aromatic rings. The van der Waals surface area contributed by atoms with Crippen LogP contribution >= 0.6 is 11.8 Å². The molecule has 0 spiro atoms. The van der Waals surface area contributed by atoms with Gasteiger partial charge in [0.25, 0.3) is 0 Å². The van der Waals surface area contributed by atoms with Crippen molar-refractivity contribution < 1.29 is 4.79 Å². The molecule has 2 aromatic carbocycles. The van der Waals surface area contributed by atoms with Crippen LogP contribution in [0.1, 0.15) is 19.3 Å². The molecule has 5 heteroatoms. The molecule has 2 saturated heterocycles. The number of para-hydroxylation sites is 2. The van der Waals surface area contributed by atoms with Gasteiger partial charge in [-0.1, -0.05) is 36.0 Å². The topological polar surface area (TPSA) is 35.6 Å². The highest BCUT2D eigenvalue weighted by atomic mass is 32.2. The van der Waals surface area contributed by atoms with Crippen LogP contribution in [0.25, 0.3) is 0 Å². The second-order valence-electron chi connectivity index (χ2n) is 8.08. The largest absolute Gasteiger partial charge is 0.343 e. The van der Waals surface area contributed by atoms with Gasteiger partial charge in [-0.25, -0.2) is 0 Å². The molecule has 0 saturated carbocycles. The van der Waals surface area contributed by atoms with Crippen LogP contribution in [-0.4, -0.2) is 43.5 Å². The second-order valence-corrected chi connectivity index (χ2v) is 9.16. The summed E-state index contributed by atoms with van der Waals surface area (Å²) in [6.45, 7) is 4.84. The molecule has 3 aliphatic rings. The van der Waals surface area contributed by atoms with E-state index in [1.165, 1.54) is 21.2 Å². The van der Waals surface area contributed by atoms with E-state index in [9.17, 15) is 4.79 Å². The van der Waals surface area contributed by atoms with E-state index in [2.05, 4.69) is 63.6 Å². The summed E-state index contributed by atoms with van der Waals surface area (Å²) in [5, 5.41) is 3.51. The van der Waals surface area contributed by atoms with Crippen molar-refractivity contribution in [1.29, 1.82) is 0 Å². The minimum Gasteiger partial charge on any atom is -0.343 e. The first-order valence-corrected chi connectivity index (χ1v) is 11.2. The Labute approximate surface area is 171 Å². The van der Waals surface area contributed by atoms with E-state index in [0.29, 0.717) is 12.3 Å². The predicted octanol–water partition coefficient (Wildman–Crippen LogP) is 4.14. The van der Waals surface area contributed by atoms with Gasteiger partial charge < -0.3 is 15.1 Å². The Kier molecular flexibility index (Phi) is 5.03. The number of hydrogen-bond donors (Lipinski definition) is 1. The molecule has 3 heterocycles. The number of rotatable bonds is 3. The lowest BCUT2D eigenvalue weighted by Gasteiger charge is -2.33. The zero-order valence-electron chi connectivity index (χ0n) is 16.1. The molecular weight excluding hydrogens is 366 g/mol. The highest BCUT2D eigenvalue weighted by Crippen LogP contribution is 2.47. The lowest BCUT2D eigenvalue weighted by Crippen LogP contribution is -2.35. The van der Waals surface area contributed by atoms with Crippen molar-refractivity contribution in [3.8, 4) is 0 Å². The first-order chi connectivity index (χ1) is 13.8. The smallest absolute Gasteiger partial charge is 0.224 e. The van der Waals surface area contributed by atoms with Gasteiger partial charge in [0.05, 0.1) is 11.4 Å². The van der Waals surface area contributed by atoms with Crippen molar-refractivity contribution in [2.75, 3.05) is 37.6 Å². The molecule has 146 valence electrons. The minimum absolute atomic E-state index is 0.307. The number of carbonyl (C=O) groups is 1. The molecule has 1 N–H and O–H groups in total. The summed E-state index contributed by atoms with van der Waals surface area (Å²) in [5.41, 5.74) is 2.44. The monoisotopic (exact) mass is 393 g/mol. The van der Waals surface area contributed by atoms with Gasteiger partial charge in [0.1, 0.15) is 0 Å². The van der Waals surface area contributed by atoms with E-state index < -0.39 is 0 Å². The van der Waals surface area contributed by atoms with E-state index in [0.717, 1.165) is 57.4 Å². The van der Waals surface area contributed by atoms with Crippen LogP contribution in [0.15, 0.2) is 58.3 Å². The van der Waals surface area contributed by atoms with E-state index in [-0.39, 0.29) is 0 Å². The molecule has 0 bridgehead atoms. The third-order valence-electron chi connectivity index (χ3n) is 6.45. The van der Waals surface area contributed by atoms with Gasteiger partial charge in [-0.15, -0.1) is 0 Å². The quantitative estimate of drug-likeness (QED) is 0.850. The summed E-state index contributed by atoms with van der Waals surface area (Å²) in [5.74, 6) is 1.83. The average molecular weight is 394 g/mol. The van der Waals surface area contributed by atoms with Crippen molar-refractivity contribution in [3.05, 3.63) is 48.5 Å². The fraction of sp³-hybridized carbons (Fsp3) is 0.435. The van der Waals surface area contributed by atoms with E-state index in [4.69, 9.17) is 0 Å². The van der Waals surface area contributed by atoms with Crippen LogP contribution in [0.5, 0.6) is 0 Å². The maximum absolute atomic E-state index is 13.0. The third kappa shape index (κ3) is 3.42. The fourth-order valence-corrected chi connectivity index (χ4v) is 5.95. The Morgan fingerprint density at radius 1 is 0.929 bits per heavy atom. The van der Waals surface area contributed by atoms with Crippen LogP contribution in [-0.2, 0) is 4.79 Å². The lowest BCUT2D eigenvalue weighted by molar-refractivity contribution is -0.131. The van der Waals surface area contributed by atoms with Gasteiger partial charge >= 0.3 is 0 Å². The van der Waals surface area contributed by atoms with Crippen LogP contribution < -0.4 is 10.2 Å². The highest BCUT2D eigenvalue weighted by Gasteiger charge is 2.31. The number of amides is 1. The van der Waals surface area contributed by atoms with Crippen molar-refractivity contribution in [2.45, 2.75) is 29.1 Å². The maximum Gasteiger partial charge on any atom is 0.224 e. The number of fused-ring (bicyclic) bond motifs is 3. The van der Waals surface area contributed by atoms with Crippen LogP contribution in [0.4, 0.5) is 11.4 Å². The molecule has 0 aliphatic carbocycles. The fourth-order valence-electron chi connectivity index (χ4n) is 4.86. The summed E-state index contributed by atoms with van der Waals surface area (Å²) < 4.78 is 0. The summed E-state index contributed by atoms with van der Waals surface area (Å²) >= 11 is 1.82. The number of carbonyl (C=O) groups excluding carboxylic acids is 1. The van der Waals surface area contributed by atoms with Crippen molar-refractivity contribution in [2.24, 2.45) is 11.8 Å². The Morgan fingerprint density at radius 3 is 2.11 bits per heavy atom. The average Bonchev–Trinajstić information content (AvgIpc) is 3.09. The summed E-state index contributed by atoms with van der Waals surface area (Å²) in [6.07, 6.45) is 2.87. The highest BCUT2D eigenvalue weighted by molar-refractivity contribution is 7.99. The van der Waals surface area contributed by atoms with Crippen molar-refractivity contribution in [3.63, 3.8) is 0 Å². The molecule has 28 heavy (non-hydrogen) atoms. The third-order valence-corrected chi connectivity index (χ3v) is 7.58. The minimum atomic E-state index is 0.307. The molecular formula is C23H27N3OS. The zero-order valence-corrected chi connectivity index (χ0v) is 17.0. The Bertz CT molecular complexity index is 811. The number of hydrogen-bond acceptors (Lipinski definition) is 4. The normalized spacial score (nSPS) is 23.6. The molecule has 4 nitrogen and oxygen atoms in total. The van der Waals surface area contributed by atoms with Crippen LogP contribution in [0.3, 0.4) is 0 Å². The van der Waals surface area contributed by atoms with Gasteiger partial charge in [-0.2, -0.15) is 0 Å².